The minimum absolute atomic E-state index is 0.0736. The summed E-state index contributed by atoms with van der Waals surface area (Å²) in [6.07, 6.45) is 1.10. The Morgan fingerprint density at radius 3 is 2.73 bits per heavy atom. The van der Waals surface area contributed by atoms with Gasteiger partial charge in [-0.25, -0.2) is 0 Å². The molecule has 0 saturated carbocycles. The Bertz CT molecular complexity index is 634. The predicted molar refractivity (Wildman–Crippen MR) is 84.9 cm³/mol. The molecule has 1 unspecified atom stereocenters. The van der Waals surface area contributed by atoms with Crippen molar-refractivity contribution in [3.8, 4) is 5.75 Å². The standard InChI is InChI=1S/C17H22N2O3/c1-12(2)22-14-7-4-6-13(10-14)16(20)11-18-17(21)15-8-5-9-19(15)3/h4-10,12,16,20H,11H2,1-3H3,(H,18,21). The number of ether oxygens (including phenoxy) is 1. The zero-order chi connectivity index (χ0) is 16.1. The molecule has 0 radical (unpaired) electrons. The second kappa shape index (κ2) is 7.13. The number of amides is 1. The smallest absolute Gasteiger partial charge is 0.267 e. The third-order valence-corrected chi connectivity index (χ3v) is 3.25. The normalized spacial score (nSPS) is 12.2. The van der Waals surface area contributed by atoms with Gasteiger partial charge in [0.15, 0.2) is 0 Å². The number of nitrogens with one attached hydrogen (secondary N) is 1. The van der Waals surface area contributed by atoms with Gasteiger partial charge in [-0.2, -0.15) is 0 Å². The fourth-order valence-electron chi connectivity index (χ4n) is 2.16. The van der Waals surface area contributed by atoms with Crippen LogP contribution in [0.4, 0.5) is 0 Å². The molecule has 0 spiro atoms. The van der Waals surface area contributed by atoms with E-state index >= 15 is 0 Å². The summed E-state index contributed by atoms with van der Waals surface area (Å²) in [6.45, 7) is 4.04. The van der Waals surface area contributed by atoms with Crippen molar-refractivity contribution in [3.05, 3.63) is 53.9 Å². The molecule has 1 atom stereocenters. The largest absolute Gasteiger partial charge is 0.491 e. The summed E-state index contributed by atoms with van der Waals surface area (Å²) in [7, 11) is 1.80. The van der Waals surface area contributed by atoms with Crippen molar-refractivity contribution in [3.63, 3.8) is 0 Å². The van der Waals surface area contributed by atoms with Gasteiger partial charge >= 0.3 is 0 Å². The van der Waals surface area contributed by atoms with Crippen molar-refractivity contribution in [2.75, 3.05) is 6.54 Å². The van der Waals surface area contributed by atoms with Crippen molar-refractivity contribution < 1.29 is 14.6 Å². The van der Waals surface area contributed by atoms with Crippen LogP contribution in [-0.4, -0.2) is 28.2 Å². The molecule has 1 aromatic carbocycles. The number of hydrogen-bond acceptors (Lipinski definition) is 3. The molecule has 0 saturated heterocycles. The fourth-order valence-corrected chi connectivity index (χ4v) is 2.16. The first-order valence-corrected chi connectivity index (χ1v) is 7.31. The van der Waals surface area contributed by atoms with E-state index in [-0.39, 0.29) is 18.6 Å². The maximum atomic E-state index is 12.0. The van der Waals surface area contributed by atoms with Gasteiger partial charge in [0.2, 0.25) is 0 Å². The van der Waals surface area contributed by atoms with E-state index in [2.05, 4.69) is 5.32 Å². The number of aliphatic hydroxyl groups excluding tert-OH is 1. The molecule has 5 heteroatoms. The molecule has 1 amide bonds. The van der Waals surface area contributed by atoms with Crippen LogP contribution in [0, 0.1) is 0 Å². The molecular formula is C17H22N2O3. The third-order valence-electron chi connectivity index (χ3n) is 3.25. The zero-order valence-electron chi connectivity index (χ0n) is 13.1. The van der Waals surface area contributed by atoms with Gasteiger partial charge in [-0.3, -0.25) is 4.79 Å². The molecule has 0 aliphatic heterocycles. The number of aliphatic hydroxyl groups is 1. The van der Waals surface area contributed by atoms with Crippen molar-refractivity contribution in [2.24, 2.45) is 7.05 Å². The van der Waals surface area contributed by atoms with Crippen molar-refractivity contribution in [1.29, 1.82) is 0 Å². The first kappa shape index (κ1) is 16.1. The summed E-state index contributed by atoms with van der Waals surface area (Å²) < 4.78 is 7.34. The lowest BCUT2D eigenvalue weighted by atomic mass is 10.1. The van der Waals surface area contributed by atoms with Crippen LogP contribution in [-0.2, 0) is 7.05 Å². The highest BCUT2D eigenvalue weighted by Crippen LogP contribution is 2.20. The summed E-state index contributed by atoms with van der Waals surface area (Å²) >= 11 is 0. The maximum absolute atomic E-state index is 12.0. The molecule has 5 nitrogen and oxygen atoms in total. The third kappa shape index (κ3) is 4.11. The summed E-state index contributed by atoms with van der Waals surface area (Å²) in [4.78, 5) is 12.0. The van der Waals surface area contributed by atoms with E-state index < -0.39 is 6.10 Å². The molecule has 0 aliphatic rings. The molecule has 0 bridgehead atoms. The van der Waals surface area contributed by atoms with Crippen molar-refractivity contribution in [1.82, 2.24) is 9.88 Å². The second-order valence-corrected chi connectivity index (χ2v) is 5.47. The summed E-state index contributed by atoms with van der Waals surface area (Å²) in [5, 5.41) is 13.0. The van der Waals surface area contributed by atoms with Crippen LogP contribution in [0.5, 0.6) is 5.75 Å². The molecule has 118 valence electrons. The minimum Gasteiger partial charge on any atom is -0.491 e. The number of benzene rings is 1. The Morgan fingerprint density at radius 1 is 1.32 bits per heavy atom. The number of carbonyl (C=O) groups is 1. The average Bonchev–Trinajstić information content (AvgIpc) is 2.90. The van der Waals surface area contributed by atoms with Crippen LogP contribution in [0.15, 0.2) is 42.6 Å². The molecule has 2 rings (SSSR count). The fraction of sp³-hybridized carbons (Fsp3) is 0.353. The Hall–Kier alpha value is -2.27. The van der Waals surface area contributed by atoms with Gasteiger partial charge in [-0.1, -0.05) is 12.1 Å². The Kier molecular flexibility index (Phi) is 5.22. The topological polar surface area (TPSA) is 63.5 Å². The van der Waals surface area contributed by atoms with Gasteiger partial charge in [-0.05, 0) is 43.7 Å². The van der Waals surface area contributed by atoms with Crippen LogP contribution in [0.1, 0.15) is 36.0 Å². The molecule has 22 heavy (non-hydrogen) atoms. The van der Waals surface area contributed by atoms with Crippen LogP contribution in [0.2, 0.25) is 0 Å². The first-order chi connectivity index (χ1) is 10.5. The van der Waals surface area contributed by atoms with E-state index in [1.54, 1.807) is 36.0 Å². The molecular weight excluding hydrogens is 280 g/mol. The van der Waals surface area contributed by atoms with E-state index in [1.807, 2.05) is 32.0 Å². The number of aromatic nitrogens is 1. The maximum Gasteiger partial charge on any atom is 0.267 e. The van der Waals surface area contributed by atoms with Crippen LogP contribution in [0.3, 0.4) is 0 Å². The number of rotatable bonds is 6. The average molecular weight is 302 g/mol. The van der Waals surface area contributed by atoms with Gasteiger partial charge < -0.3 is 19.7 Å². The number of nitrogens with zero attached hydrogens (tertiary/aromatic N) is 1. The number of hydrogen-bond donors (Lipinski definition) is 2. The summed E-state index contributed by atoms with van der Waals surface area (Å²) in [6, 6.07) is 10.8. The Balaban J connectivity index is 1.96. The SMILES string of the molecule is CC(C)Oc1cccc(C(O)CNC(=O)c2cccn2C)c1. The van der Waals surface area contributed by atoms with E-state index in [0.29, 0.717) is 17.0 Å². The van der Waals surface area contributed by atoms with Gasteiger partial charge in [0, 0.05) is 19.8 Å². The highest BCUT2D eigenvalue weighted by molar-refractivity contribution is 5.92. The Morgan fingerprint density at radius 2 is 2.09 bits per heavy atom. The zero-order valence-corrected chi connectivity index (χ0v) is 13.1. The van der Waals surface area contributed by atoms with Gasteiger partial charge in [0.05, 0.1) is 12.2 Å². The van der Waals surface area contributed by atoms with Crippen molar-refractivity contribution in [2.45, 2.75) is 26.1 Å². The Labute approximate surface area is 130 Å². The van der Waals surface area contributed by atoms with E-state index in [0.717, 1.165) is 0 Å². The van der Waals surface area contributed by atoms with Crippen LogP contribution < -0.4 is 10.1 Å². The van der Waals surface area contributed by atoms with Gasteiger partial charge in [0.25, 0.3) is 5.91 Å². The molecule has 0 fully saturated rings. The van der Waals surface area contributed by atoms with Crippen LogP contribution in [0.25, 0.3) is 0 Å². The first-order valence-electron chi connectivity index (χ1n) is 7.31. The lowest BCUT2D eigenvalue weighted by Gasteiger charge is -2.15. The molecule has 0 aliphatic carbocycles. The molecule has 1 heterocycles. The second-order valence-electron chi connectivity index (χ2n) is 5.47. The monoisotopic (exact) mass is 302 g/mol. The van der Waals surface area contributed by atoms with E-state index in [9.17, 15) is 9.90 Å². The van der Waals surface area contributed by atoms with Crippen molar-refractivity contribution >= 4 is 5.91 Å². The van der Waals surface area contributed by atoms with E-state index in [4.69, 9.17) is 4.74 Å². The van der Waals surface area contributed by atoms with Gasteiger partial charge in [0.1, 0.15) is 11.4 Å². The number of carbonyl (C=O) groups excluding carboxylic acids is 1. The minimum atomic E-state index is -0.778. The lowest BCUT2D eigenvalue weighted by Crippen LogP contribution is -2.29. The highest BCUT2D eigenvalue weighted by atomic mass is 16.5. The lowest BCUT2D eigenvalue weighted by molar-refractivity contribution is 0.0908. The van der Waals surface area contributed by atoms with E-state index in [1.165, 1.54) is 0 Å². The molecule has 2 N–H and O–H groups in total. The van der Waals surface area contributed by atoms with Gasteiger partial charge in [-0.15, -0.1) is 0 Å². The summed E-state index contributed by atoms with van der Waals surface area (Å²) in [5.74, 6) is 0.501. The summed E-state index contributed by atoms with van der Waals surface area (Å²) in [5.41, 5.74) is 1.27. The predicted octanol–water partition coefficient (Wildman–Crippen LogP) is 2.28. The quantitative estimate of drug-likeness (QED) is 0.860. The number of aryl methyl sites for hydroxylation is 1. The molecule has 1 aromatic heterocycles. The molecule has 2 aromatic rings. The van der Waals surface area contributed by atoms with Crippen LogP contribution >= 0.6 is 0 Å². The highest BCUT2D eigenvalue weighted by Gasteiger charge is 2.13.